The number of halogens is 3. The molecule has 11 heteroatoms. The van der Waals surface area contributed by atoms with E-state index in [2.05, 4.69) is 20.0 Å². The summed E-state index contributed by atoms with van der Waals surface area (Å²) in [5.41, 5.74) is 0.526. The normalized spacial score (nSPS) is 22.7. The fraction of sp³-hybridized carbons (Fsp3) is 0.483. The van der Waals surface area contributed by atoms with Crippen molar-refractivity contribution in [1.82, 2.24) is 28.6 Å². The maximum atomic E-state index is 14.4. The molecule has 3 aromatic heterocycles. The number of piperazine rings is 1. The lowest BCUT2D eigenvalue weighted by Gasteiger charge is -2.41. The average molecular weight is 552 g/mol. The molecule has 1 aliphatic carbocycles. The van der Waals surface area contributed by atoms with E-state index in [1.54, 1.807) is 18.6 Å². The lowest BCUT2D eigenvalue weighted by atomic mass is 9.72. The molecule has 8 nitrogen and oxygen atoms in total. The monoisotopic (exact) mass is 551 g/mol. The van der Waals surface area contributed by atoms with Crippen LogP contribution in [0, 0.1) is 5.92 Å². The van der Waals surface area contributed by atoms with Crippen molar-refractivity contribution in [2.24, 2.45) is 13.0 Å². The van der Waals surface area contributed by atoms with Crippen molar-refractivity contribution in [3.05, 3.63) is 76.5 Å². The summed E-state index contributed by atoms with van der Waals surface area (Å²) < 4.78 is 47.7. The van der Waals surface area contributed by atoms with Crippen molar-refractivity contribution in [3.63, 3.8) is 0 Å². The zero-order valence-electron chi connectivity index (χ0n) is 22.6. The smallest absolute Gasteiger partial charge is 0.362 e. The Morgan fingerprint density at radius 3 is 2.35 bits per heavy atom. The van der Waals surface area contributed by atoms with Gasteiger partial charge in [0.15, 0.2) is 0 Å². The molecular weight excluding hydrogens is 519 g/mol. The molecule has 0 spiro atoms. The molecule has 0 radical (unpaired) electrons. The highest BCUT2D eigenvalue weighted by Crippen LogP contribution is 2.43. The Balaban J connectivity index is 1.35. The van der Waals surface area contributed by atoms with Crippen LogP contribution in [-0.4, -0.2) is 60.9 Å². The third kappa shape index (κ3) is 4.05. The predicted octanol–water partition coefficient (Wildman–Crippen LogP) is 4.45. The summed E-state index contributed by atoms with van der Waals surface area (Å²) in [6.45, 7) is 1.60. The fourth-order valence-corrected chi connectivity index (χ4v) is 7.11. The van der Waals surface area contributed by atoms with Crippen LogP contribution in [0.5, 0.6) is 0 Å². The zero-order valence-corrected chi connectivity index (χ0v) is 22.6. The Bertz CT molecular complexity index is 1620. The molecule has 2 aliphatic heterocycles. The Hall–Kier alpha value is -3.60. The van der Waals surface area contributed by atoms with Gasteiger partial charge in [0.2, 0.25) is 0 Å². The first-order valence-corrected chi connectivity index (χ1v) is 13.9. The minimum atomic E-state index is -4.60. The minimum Gasteiger partial charge on any atom is -0.362 e. The molecule has 1 aromatic carbocycles. The van der Waals surface area contributed by atoms with Crippen molar-refractivity contribution < 1.29 is 13.2 Å². The van der Waals surface area contributed by atoms with E-state index in [1.807, 2.05) is 36.9 Å². The average Bonchev–Trinajstić information content (AvgIpc) is 3.54. The van der Waals surface area contributed by atoms with Crippen molar-refractivity contribution in [1.29, 1.82) is 0 Å². The lowest BCUT2D eigenvalue weighted by Crippen LogP contribution is -2.52. The Labute approximate surface area is 229 Å². The largest absolute Gasteiger partial charge is 0.418 e. The molecule has 3 aliphatic rings. The van der Waals surface area contributed by atoms with Crippen molar-refractivity contribution >= 4 is 11.2 Å². The van der Waals surface area contributed by atoms with Crippen LogP contribution in [0.15, 0.2) is 53.8 Å². The van der Waals surface area contributed by atoms with Gasteiger partial charge in [0.1, 0.15) is 12.2 Å². The number of fused-ring (bicyclic) bond motifs is 3. The summed E-state index contributed by atoms with van der Waals surface area (Å²) in [6, 6.07) is 9.05. The number of nitrogens with zero attached hydrogens (tertiary/aromatic N) is 7. The molecule has 2 saturated heterocycles. The molecule has 5 heterocycles. The van der Waals surface area contributed by atoms with Crippen molar-refractivity contribution in [3.8, 4) is 5.69 Å². The van der Waals surface area contributed by atoms with E-state index in [9.17, 15) is 18.0 Å². The van der Waals surface area contributed by atoms with E-state index in [1.165, 1.54) is 21.2 Å². The second-order valence-electron chi connectivity index (χ2n) is 11.7. The van der Waals surface area contributed by atoms with Gasteiger partial charge in [-0.2, -0.15) is 13.2 Å². The van der Waals surface area contributed by atoms with E-state index < -0.39 is 17.4 Å². The SMILES string of the molecule is CN1CC2CCC(C1)N2c1cc(C(F)(F)F)c2cn(-c3cccc([C@H](c4nncn4C)C4CCC4)c3)c(=O)n2c1. The molecule has 40 heavy (non-hydrogen) atoms. The van der Waals surface area contributed by atoms with Gasteiger partial charge < -0.3 is 14.4 Å². The topological polar surface area (TPSA) is 63.6 Å². The van der Waals surface area contributed by atoms with E-state index in [0.717, 1.165) is 56.6 Å². The van der Waals surface area contributed by atoms with E-state index in [-0.39, 0.29) is 23.5 Å². The quantitative estimate of drug-likeness (QED) is 0.367. The molecule has 2 unspecified atom stereocenters. The second kappa shape index (κ2) is 9.22. The van der Waals surface area contributed by atoms with E-state index in [0.29, 0.717) is 17.3 Å². The summed E-state index contributed by atoms with van der Waals surface area (Å²) in [7, 11) is 3.96. The molecule has 210 valence electrons. The molecule has 2 bridgehead atoms. The number of hydrogen-bond donors (Lipinski definition) is 0. The molecule has 3 atom stereocenters. The number of alkyl halides is 3. The number of hydrogen-bond acceptors (Lipinski definition) is 5. The first-order chi connectivity index (χ1) is 19.2. The molecule has 3 fully saturated rings. The van der Waals surface area contributed by atoms with Gasteiger partial charge in [0, 0.05) is 50.5 Å². The van der Waals surface area contributed by atoms with Gasteiger partial charge in [-0.25, -0.2) is 4.79 Å². The number of benzene rings is 1. The maximum Gasteiger partial charge on any atom is 0.418 e. The summed E-state index contributed by atoms with van der Waals surface area (Å²) in [6.07, 6.45) is 5.17. The molecular formula is C29H32F3N7O. The number of aromatic nitrogens is 5. The second-order valence-corrected chi connectivity index (χ2v) is 11.7. The van der Waals surface area contributed by atoms with Crippen LogP contribution in [0.1, 0.15) is 55.0 Å². The van der Waals surface area contributed by atoms with Crippen molar-refractivity contribution in [2.45, 2.75) is 56.3 Å². The van der Waals surface area contributed by atoms with Crippen LogP contribution < -0.4 is 10.6 Å². The van der Waals surface area contributed by atoms with E-state index in [4.69, 9.17) is 0 Å². The number of anilines is 1. The van der Waals surface area contributed by atoms with Gasteiger partial charge in [0.05, 0.1) is 22.5 Å². The third-order valence-electron chi connectivity index (χ3n) is 9.17. The lowest BCUT2D eigenvalue weighted by molar-refractivity contribution is -0.136. The van der Waals surface area contributed by atoms with Crippen LogP contribution >= 0.6 is 0 Å². The van der Waals surface area contributed by atoms with E-state index >= 15 is 0 Å². The van der Waals surface area contributed by atoms with Gasteiger partial charge in [-0.3, -0.25) is 8.97 Å². The number of rotatable bonds is 5. The Morgan fingerprint density at radius 1 is 0.975 bits per heavy atom. The molecule has 0 amide bonds. The van der Waals surface area contributed by atoms with Crippen LogP contribution in [0.3, 0.4) is 0 Å². The van der Waals surface area contributed by atoms with Crippen molar-refractivity contribution in [2.75, 3.05) is 25.0 Å². The van der Waals surface area contributed by atoms with Crippen LogP contribution in [0.25, 0.3) is 11.2 Å². The number of pyridine rings is 1. The molecule has 7 rings (SSSR count). The van der Waals surface area contributed by atoms with Gasteiger partial charge in [-0.1, -0.05) is 18.6 Å². The number of likely N-dealkylation sites (tertiary alicyclic amines) is 1. The summed E-state index contributed by atoms with van der Waals surface area (Å²) in [4.78, 5) is 18.1. The number of aryl methyl sites for hydroxylation is 1. The first kappa shape index (κ1) is 25.4. The maximum absolute atomic E-state index is 14.4. The highest BCUT2D eigenvalue weighted by molar-refractivity contribution is 5.64. The molecule has 1 saturated carbocycles. The van der Waals surface area contributed by atoms with Gasteiger partial charge >= 0.3 is 11.9 Å². The molecule has 4 aromatic rings. The Kier molecular flexibility index (Phi) is 5.85. The number of likely N-dealkylation sites (N-methyl/N-ethyl adjacent to an activating group) is 1. The van der Waals surface area contributed by atoms with Gasteiger partial charge in [-0.05, 0) is 62.4 Å². The van der Waals surface area contributed by atoms with Crippen LogP contribution in [0.2, 0.25) is 0 Å². The first-order valence-electron chi connectivity index (χ1n) is 13.9. The summed E-state index contributed by atoms with van der Waals surface area (Å²) in [5.74, 6) is 1.25. The standard InChI is InChI=1S/C29H32F3N7O/c1-35-13-21-9-10-22(14-35)39(21)23-12-24(29(30,31)32)25-16-37(28(40)38(25)15-23)20-8-4-7-19(11-20)26(18-5-3-6-18)27-34-33-17-36(27)2/h4,7-8,11-12,15-18,21-22,26H,3,5-6,9-10,13-14H2,1-2H3/t21?,22?,26-/m1/s1. The van der Waals surface area contributed by atoms with Crippen LogP contribution in [0.4, 0.5) is 18.9 Å². The molecule has 0 N–H and O–H groups in total. The Morgan fingerprint density at radius 2 is 1.73 bits per heavy atom. The highest BCUT2D eigenvalue weighted by atomic mass is 19.4. The van der Waals surface area contributed by atoms with Gasteiger partial charge in [0.25, 0.3) is 0 Å². The fourth-order valence-electron chi connectivity index (χ4n) is 7.11. The zero-order chi connectivity index (χ0) is 27.8. The van der Waals surface area contributed by atoms with Gasteiger partial charge in [-0.15, -0.1) is 10.2 Å². The summed E-state index contributed by atoms with van der Waals surface area (Å²) in [5, 5.41) is 8.44. The minimum absolute atomic E-state index is 0.000944. The van der Waals surface area contributed by atoms with Crippen LogP contribution in [-0.2, 0) is 13.2 Å². The predicted molar refractivity (Wildman–Crippen MR) is 145 cm³/mol. The third-order valence-corrected chi connectivity index (χ3v) is 9.17. The summed E-state index contributed by atoms with van der Waals surface area (Å²) >= 11 is 0. The highest BCUT2D eigenvalue weighted by Gasteiger charge is 2.41. The number of imidazole rings is 1.